The molecule has 0 radical (unpaired) electrons. The number of nitrogens with zero attached hydrogens (tertiary/aromatic N) is 1. The van der Waals surface area contributed by atoms with E-state index >= 15 is 0 Å². The van der Waals surface area contributed by atoms with Gasteiger partial charge in [0.2, 0.25) is 10.0 Å². The molecule has 0 saturated heterocycles. The molecule has 3 rings (SSSR count). The molecule has 0 aliphatic rings. The summed E-state index contributed by atoms with van der Waals surface area (Å²) in [6.07, 6.45) is 0. The number of para-hydroxylation sites is 1. The zero-order chi connectivity index (χ0) is 17.5. The molecule has 1 atom stereocenters. The maximum atomic E-state index is 13.2. The van der Waals surface area contributed by atoms with Gasteiger partial charge >= 0.3 is 0 Å². The van der Waals surface area contributed by atoms with Crippen molar-refractivity contribution in [2.24, 2.45) is 0 Å². The van der Waals surface area contributed by atoms with Crippen LogP contribution in [0.15, 0.2) is 57.8 Å². The molecule has 4 nitrogen and oxygen atoms in total. The first-order chi connectivity index (χ1) is 11.3. The summed E-state index contributed by atoms with van der Waals surface area (Å²) in [4.78, 5) is -0.143. The van der Waals surface area contributed by atoms with E-state index < -0.39 is 21.9 Å². The van der Waals surface area contributed by atoms with Crippen LogP contribution < -0.4 is 0 Å². The van der Waals surface area contributed by atoms with E-state index in [1.54, 1.807) is 13.0 Å². The highest BCUT2D eigenvalue weighted by Gasteiger charge is 2.30. The van der Waals surface area contributed by atoms with Gasteiger partial charge in [-0.3, -0.25) is 0 Å². The zero-order valence-electron chi connectivity index (χ0n) is 13.0. The van der Waals surface area contributed by atoms with E-state index in [1.165, 1.54) is 7.05 Å². The van der Waals surface area contributed by atoms with Crippen molar-refractivity contribution < 1.29 is 17.2 Å². The second-order valence-corrected chi connectivity index (χ2v) is 7.83. The molecule has 0 unspecified atom stereocenters. The van der Waals surface area contributed by atoms with Crippen LogP contribution in [0, 0.1) is 5.82 Å². The first-order valence-electron chi connectivity index (χ1n) is 7.22. The van der Waals surface area contributed by atoms with E-state index in [0.29, 0.717) is 11.3 Å². The van der Waals surface area contributed by atoms with Gasteiger partial charge in [0.1, 0.15) is 22.1 Å². The topological polar surface area (TPSA) is 50.5 Å². The van der Waals surface area contributed by atoms with Gasteiger partial charge in [-0.2, -0.15) is 4.31 Å². The lowest BCUT2D eigenvalue weighted by molar-refractivity contribution is 0.348. The summed E-state index contributed by atoms with van der Waals surface area (Å²) in [7, 11) is -2.46. The molecule has 1 heterocycles. The summed E-state index contributed by atoms with van der Waals surface area (Å²) < 4.78 is 45.6. The van der Waals surface area contributed by atoms with Crippen molar-refractivity contribution in [1.29, 1.82) is 0 Å². The highest BCUT2D eigenvalue weighted by molar-refractivity contribution is 7.89. The molecule has 24 heavy (non-hydrogen) atoms. The maximum absolute atomic E-state index is 13.2. The van der Waals surface area contributed by atoms with Gasteiger partial charge in [0, 0.05) is 12.4 Å². The van der Waals surface area contributed by atoms with Crippen LogP contribution in [0.2, 0.25) is 5.02 Å². The van der Waals surface area contributed by atoms with Gasteiger partial charge < -0.3 is 4.42 Å². The molecule has 0 aliphatic heterocycles. The number of fused-ring (bicyclic) bond motifs is 1. The first kappa shape index (κ1) is 17.0. The van der Waals surface area contributed by atoms with Gasteiger partial charge in [-0.25, -0.2) is 12.8 Å². The van der Waals surface area contributed by atoms with Crippen LogP contribution in [0.4, 0.5) is 4.39 Å². The largest absolute Gasteiger partial charge is 0.459 e. The number of halogens is 2. The Morgan fingerprint density at radius 3 is 2.54 bits per heavy atom. The van der Waals surface area contributed by atoms with Crippen molar-refractivity contribution in [3.05, 3.63) is 65.1 Å². The Hall–Kier alpha value is -1.89. The Balaban J connectivity index is 1.98. The molecule has 2 aromatic carbocycles. The Morgan fingerprint density at radius 1 is 1.17 bits per heavy atom. The third-order valence-corrected chi connectivity index (χ3v) is 6.36. The van der Waals surface area contributed by atoms with Crippen molar-refractivity contribution in [3.63, 3.8) is 0 Å². The van der Waals surface area contributed by atoms with Gasteiger partial charge in [-0.1, -0.05) is 29.8 Å². The smallest absolute Gasteiger partial charge is 0.244 e. The number of hydrogen-bond donors (Lipinski definition) is 0. The standard InChI is InChI=1S/C17H15ClFNO3S/c1-11(16-9-12-5-3-4-6-15(12)23-16)20(2)24(21,22)17-8-7-13(19)10-14(17)18/h3-11H,1-2H3/t11-/m1/s1. The van der Waals surface area contributed by atoms with Crippen molar-refractivity contribution in [3.8, 4) is 0 Å². The van der Waals surface area contributed by atoms with Crippen LogP contribution in [0.1, 0.15) is 18.7 Å². The molecule has 0 fully saturated rings. The molecule has 126 valence electrons. The number of sulfonamides is 1. The van der Waals surface area contributed by atoms with E-state index in [9.17, 15) is 12.8 Å². The summed E-state index contributed by atoms with van der Waals surface area (Å²) in [5.74, 6) is -0.0764. The Labute approximate surface area is 144 Å². The molecule has 7 heteroatoms. The molecule has 3 aromatic rings. The minimum atomic E-state index is -3.90. The first-order valence-corrected chi connectivity index (χ1v) is 9.04. The van der Waals surface area contributed by atoms with Crippen LogP contribution in [-0.4, -0.2) is 19.8 Å². The Bertz CT molecular complexity index is 967. The minimum absolute atomic E-state index is 0.143. The molecular formula is C17H15ClFNO3S. The summed E-state index contributed by atoms with van der Waals surface area (Å²) in [5, 5.41) is 0.739. The Kier molecular flexibility index (Phi) is 4.38. The van der Waals surface area contributed by atoms with E-state index in [2.05, 4.69) is 0 Å². The van der Waals surface area contributed by atoms with Gasteiger partial charge in [-0.05, 0) is 37.3 Å². The predicted octanol–water partition coefficient (Wildman–Crippen LogP) is 4.61. The average Bonchev–Trinajstić information content (AvgIpc) is 2.97. The molecule has 0 N–H and O–H groups in total. The van der Waals surface area contributed by atoms with Gasteiger partial charge in [0.05, 0.1) is 11.1 Å². The van der Waals surface area contributed by atoms with E-state index in [1.807, 2.05) is 24.3 Å². The fraction of sp³-hybridized carbons (Fsp3) is 0.176. The third kappa shape index (κ3) is 2.92. The maximum Gasteiger partial charge on any atom is 0.244 e. The van der Waals surface area contributed by atoms with Crippen LogP contribution in [0.3, 0.4) is 0 Å². The molecule has 0 saturated carbocycles. The third-order valence-electron chi connectivity index (χ3n) is 3.95. The normalized spacial score (nSPS) is 13.5. The van der Waals surface area contributed by atoms with Gasteiger partial charge in [0.15, 0.2) is 0 Å². The van der Waals surface area contributed by atoms with Crippen LogP contribution in [-0.2, 0) is 10.0 Å². The summed E-state index contributed by atoms with van der Waals surface area (Å²) in [5.41, 5.74) is 0.685. The van der Waals surface area contributed by atoms with Crippen molar-refractivity contribution in [1.82, 2.24) is 4.31 Å². The van der Waals surface area contributed by atoms with E-state index in [-0.39, 0.29) is 9.92 Å². The van der Waals surface area contributed by atoms with Crippen molar-refractivity contribution in [2.75, 3.05) is 7.05 Å². The van der Waals surface area contributed by atoms with E-state index in [0.717, 1.165) is 27.9 Å². The number of hydrogen-bond acceptors (Lipinski definition) is 3. The van der Waals surface area contributed by atoms with Crippen LogP contribution in [0.25, 0.3) is 11.0 Å². The lowest BCUT2D eigenvalue weighted by atomic mass is 10.2. The van der Waals surface area contributed by atoms with Crippen molar-refractivity contribution >= 4 is 32.6 Å². The fourth-order valence-electron chi connectivity index (χ4n) is 2.44. The summed E-state index contributed by atoms with van der Waals surface area (Å²) in [6.45, 7) is 1.71. The average molecular weight is 368 g/mol. The Morgan fingerprint density at radius 2 is 1.88 bits per heavy atom. The monoisotopic (exact) mass is 367 g/mol. The molecule has 0 aliphatic carbocycles. The molecule has 0 bridgehead atoms. The van der Waals surface area contributed by atoms with Crippen LogP contribution >= 0.6 is 11.6 Å². The van der Waals surface area contributed by atoms with Crippen LogP contribution in [0.5, 0.6) is 0 Å². The lowest BCUT2D eigenvalue weighted by Crippen LogP contribution is -2.29. The number of furan rings is 1. The predicted molar refractivity (Wildman–Crippen MR) is 91.0 cm³/mol. The summed E-state index contributed by atoms with van der Waals surface area (Å²) >= 11 is 5.90. The minimum Gasteiger partial charge on any atom is -0.459 e. The second kappa shape index (κ2) is 6.20. The fourth-order valence-corrected chi connectivity index (χ4v) is 4.27. The lowest BCUT2D eigenvalue weighted by Gasteiger charge is -2.23. The van der Waals surface area contributed by atoms with Gasteiger partial charge in [-0.15, -0.1) is 0 Å². The highest BCUT2D eigenvalue weighted by atomic mass is 35.5. The number of benzene rings is 2. The molecular weight excluding hydrogens is 353 g/mol. The SMILES string of the molecule is C[C@H](c1cc2ccccc2o1)N(C)S(=O)(=O)c1ccc(F)cc1Cl. The molecule has 0 amide bonds. The van der Waals surface area contributed by atoms with Crippen molar-refractivity contribution in [2.45, 2.75) is 17.9 Å². The van der Waals surface area contributed by atoms with E-state index in [4.69, 9.17) is 16.0 Å². The molecule has 0 spiro atoms. The quantitative estimate of drug-likeness (QED) is 0.676. The number of rotatable bonds is 4. The highest BCUT2D eigenvalue weighted by Crippen LogP contribution is 2.32. The summed E-state index contributed by atoms with van der Waals surface area (Å²) in [6, 6.07) is 11.9. The van der Waals surface area contributed by atoms with Gasteiger partial charge in [0.25, 0.3) is 0 Å². The second-order valence-electron chi connectivity index (χ2n) is 5.46. The zero-order valence-corrected chi connectivity index (χ0v) is 14.6. The molecule has 1 aromatic heterocycles.